The minimum absolute atomic E-state index is 0.269. The fourth-order valence-electron chi connectivity index (χ4n) is 3.74. The molecule has 0 fully saturated rings. The van der Waals surface area contributed by atoms with Gasteiger partial charge in [-0.3, -0.25) is 4.79 Å². The van der Waals surface area contributed by atoms with E-state index in [1.807, 2.05) is 54.6 Å². The summed E-state index contributed by atoms with van der Waals surface area (Å²) in [5.74, 6) is -0.366. The number of para-hydroxylation sites is 2. The van der Waals surface area contributed by atoms with E-state index in [2.05, 4.69) is 5.32 Å². The molecule has 3 aromatic carbocycles. The predicted molar refractivity (Wildman–Crippen MR) is 123 cm³/mol. The van der Waals surface area contributed by atoms with Crippen LogP contribution in [0.5, 0.6) is 0 Å². The van der Waals surface area contributed by atoms with Crippen LogP contribution in [0.15, 0.2) is 78.9 Å². The zero-order chi connectivity index (χ0) is 22.1. The lowest BCUT2D eigenvalue weighted by molar-refractivity contribution is 0.0953. The van der Waals surface area contributed by atoms with E-state index in [0.29, 0.717) is 35.3 Å². The van der Waals surface area contributed by atoms with Crippen LogP contribution in [-0.4, -0.2) is 20.4 Å². The number of benzene rings is 3. The number of anilines is 1. The summed E-state index contributed by atoms with van der Waals surface area (Å²) in [7, 11) is 0. The van der Waals surface area contributed by atoms with Gasteiger partial charge in [0.2, 0.25) is 0 Å². The maximum absolute atomic E-state index is 13.4. The van der Waals surface area contributed by atoms with Gasteiger partial charge in [-0.25, -0.2) is 14.4 Å². The average Bonchev–Trinajstić information content (AvgIpc) is 3.08. The van der Waals surface area contributed by atoms with Crippen molar-refractivity contribution in [2.75, 3.05) is 5.73 Å². The van der Waals surface area contributed by atoms with Gasteiger partial charge in [-0.1, -0.05) is 54.6 Å². The third-order valence-electron chi connectivity index (χ3n) is 5.37. The van der Waals surface area contributed by atoms with Crippen LogP contribution in [0.4, 0.5) is 10.2 Å². The van der Waals surface area contributed by atoms with E-state index in [0.717, 1.165) is 11.1 Å². The topological polar surface area (TPSA) is 85.8 Å². The van der Waals surface area contributed by atoms with Crippen molar-refractivity contribution < 1.29 is 9.18 Å². The second kappa shape index (κ2) is 8.11. The lowest BCUT2D eigenvalue weighted by atomic mass is 10.2. The summed E-state index contributed by atoms with van der Waals surface area (Å²) in [5, 5.41) is 2.93. The highest BCUT2D eigenvalue weighted by Gasteiger charge is 2.24. The maximum atomic E-state index is 13.4. The van der Waals surface area contributed by atoms with E-state index < -0.39 is 0 Å². The monoisotopic (exact) mass is 425 g/mol. The molecule has 0 saturated carbocycles. The molecule has 0 bridgehead atoms. The molecule has 0 aliphatic rings. The first-order valence-electron chi connectivity index (χ1n) is 10.2. The molecule has 0 aliphatic heterocycles. The van der Waals surface area contributed by atoms with Gasteiger partial charge in [0, 0.05) is 6.54 Å². The molecule has 0 radical (unpaired) electrons. The normalized spacial score (nSPS) is 11.2. The van der Waals surface area contributed by atoms with Gasteiger partial charge in [-0.2, -0.15) is 0 Å². The van der Waals surface area contributed by atoms with Crippen LogP contribution in [0.25, 0.3) is 22.2 Å². The molecule has 0 spiro atoms. The van der Waals surface area contributed by atoms with Gasteiger partial charge in [-0.05, 0) is 35.4 Å². The van der Waals surface area contributed by atoms with Crippen molar-refractivity contribution in [2.24, 2.45) is 0 Å². The van der Waals surface area contributed by atoms with Crippen LogP contribution in [0.2, 0.25) is 0 Å². The number of halogens is 1. The number of hydrogen-bond acceptors (Lipinski definition) is 4. The van der Waals surface area contributed by atoms with Crippen molar-refractivity contribution in [3.05, 3.63) is 101 Å². The van der Waals surface area contributed by atoms with Crippen LogP contribution in [0.3, 0.4) is 0 Å². The van der Waals surface area contributed by atoms with Gasteiger partial charge in [0.1, 0.15) is 22.7 Å². The molecule has 3 N–H and O–H groups in total. The Kier molecular flexibility index (Phi) is 4.99. The Bertz CT molecular complexity index is 1430. The van der Waals surface area contributed by atoms with Crippen molar-refractivity contribution in [3.8, 4) is 0 Å². The van der Waals surface area contributed by atoms with E-state index in [1.165, 1.54) is 12.1 Å². The quantitative estimate of drug-likeness (QED) is 0.440. The molecule has 0 unspecified atom stereocenters. The second-order valence-corrected chi connectivity index (χ2v) is 7.53. The smallest absolute Gasteiger partial charge is 0.257 e. The zero-order valence-electron chi connectivity index (χ0n) is 17.1. The Morgan fingerprint density at radius 3 is 2.25 bits per heavy atom. The van der Waals surface area contributed by atoms with Gasteiger partial charge in [0.15, 0.2) is 5.65 Å². The molecule has 158 valence electrons. The van der Waals surface area contributed by atoms with Crippen molar-refractivity contribution in [3.63, 3.8) is 0 Å². The summed E-state index contributed by atoms with van der Waals surface area (Å²) in [4.78, 5) is 22.6. The van der Waals surface area contributed by atoms with Crippen molar-refractivity contribution in [2.45, 2.75) is 13.1 Å². The second-order valence-electron chi connectivity index (χ2n) is 7.53. The van der Waals surface area contributed by atoms with E-state index in [4.69, 9.17) is 15.7 Å². The minimum atomic E-state index is -0.321. The van der Waals surface area contributed by atoms with Gasteiger partial charge in [-0.15, -0.1) is 0 Å². The molecule has 32 heavy (non-hydrogen) atoms. The average molecular weight is 425 g/mol. The standard InChI is InChI=1S/C25H20FN5O/c26-18-12-10-17(11-13-18)15-31-23(27)21(25(32)28-14-16-6-2-1-3-7-16)22-24(31)30-20-9-5-4-8-19(20)29-22/h1-13H,14-15,27H2,(H,28,32). The predicted octanol–water partition coefficient (Wildman–Crippen LogP) is 4.28. The number of rotatable bonds is 5. The molecule has 1 amide bonds. The summed E-state index contributed by atoms with van der Waals surface area (Å²) in [6.07, 6.45) is 0. The largest absolute Gasteiger partial charge is 0.384 e. The highest BCUT2D eigenvalue weighted by Crippen LogP contribution is 2.28. The first-order chi connectivity index (χ1) is 15.6. The molecule has 0 aliphatic carbocycles. The van der Waals surface area contributed by atoms with Crippen molar-refractivity contribution in [1.82, 2.24) is 19.9 Å². The Morgan fingerprint density at radius 2 is 1.53 bits per heavy atom. The van der Waals surface area contributed by atoms with E-state index in [1.54, 1.807) is 16.7 Å². The molecule has 0 saturated heterocycles. The molecule has 6 nitrogen and oxygen atoms in total. The summed E-state index contributed by atoms with van der Waals surface area (Å²) < 4.78 is 15.1. The van der Waals surface area contributed by atoms with E-state index in [9.17, 15) is 9.18 Å². The molecule has 2 heterocycles. The summed E-state index contributed by atoms with van der Waals surface area (Å²) >= 11 is 0. The lowest BCUT2D eigenvalue weighted by Gasteiger charge is -2.09. The minimum Gasteiger partial charge on any atom is -0.384 e. The number of amides is 1. The number of nitrogens with zero attached hydrogens (tertiary/aromatic N) is 3. The van der Waals surface area contributed by atoms with Gasteiger partial charge < -0.3 is 15.6 Å². The van der Waals surface area contributed by atoms with Gasteiger partial charge >= 0.3 is 0 Å². The highest BCUT2D eigenvalue weighted by molar-refractivity contribution is 6.10. The Balaban J connectivity index is 1.60. The number of aromatic nitrogens is 3. The first kappa shape index (κ1) is 19.7. The van der Waals surface area contributed by atoms with Gasteiger partial charge in [0.05, 0.1) is 17.6 Å². The molecule has 7 heteroatoms. The van der Waals surface area contributed by atoms with E-state index >= 15 is 0 Å². The number of nitrogens with two attached hydrogens (primary N) is 1. The molecule has 5 aromatic rings. The highest BCUT2D eigenvalue weighted by atomic mass is 19.1. The van der Waals surface area contributed by atoms with Gasteiger partial charge in [0.25, 0.3) is 5.91 Å². The fraction of sp³-hybridized carbons (Fsp3) is 0.0800. The molecular formula is C25H20FN5O. The van der Waals surface area contributed by atoms with E-state index in [-0.39, 0.29) is 23.1 Å². The number of carbonyl (C=O) groups excluding carboxylic acids is 1. The molecular weight excluding hydrogens is 405 g/mol. The van der Waals surface area contributed by atoms with Crippen molar-refractivity contribution in [1.29, 1.82) is 0 Å². The van der Waals surface area contributed by atoms with Crippen molar-refractivity contribution >= 4 is 33.9 Å². The number of carbonyl (C=O) groups is 1. The maximum Gasteiger partial charge on any atom is 0.257 e. The molecule has 0 atom stereocenters. The number of hydrogen-bond donors (Lipinski definition) is 2. The fourth-order valence-corrected chi connectivity index (χ4v) is 3.74. The molecule has 2 aromatic heterocycles. The first-order valence-corrected chi connectivity index (χ1v) is 10.2. The number of nitrogen functional groups attached to an aromatic ring is 1. The Labute approximate surface area is 183 Å². The number of nitrogens with one attached hydrogen (secondary N) is 1. The SMILES string of the molecule is Nc1c(C(=O)NCc2ccccc2)c2nc3ccccc3nc2n1Cc1ccc(F)cc1. The summed E-state index contributed by atoms with van der Waals surface area (Å²) in [6.45, 7) is 0.701. The zero-order valence-corrected chi connectivity index (χ0v) is 17.1. The third kappa shape index (κ3) is 3.65. The summed E-state index contributed by atoms with van der Waals surface area (Å²) in [6, 6.07) is 23.3. The van der Waals surface area contributed by atoms with Crippen LogP contribution in [0.1, 0.15) is 21.5 Å². The van der Waals surface area contributed by atoms with Crippen LogP contribution in [-0.2, 0) is 13.1 Å². The summed E-state index contributed by atoms with van der Waals surface area (Å²) in [5.41, 5.74) is 10.9. The van der Waals surface area contributed by atoms with Crippen LogP contribution < -0.4 is 11.1 Å². The third-order valence-corrected chi connectivity index (χ3v) is 5.37. The van der Waals surface area contributed by atoms with Crippen LogP contribution in [0, 0.1) is 5.82 Å². The Morgan fingerprint density at radius 1 is 0.875 bits per heavy atom. The Hall–Kier alpha value is -4.26. The lowest BCUT2D eigenvalue weighted by Crippen LogP contribution is -2.24. The number of fused-ring (bicyclic) bond motifs is 2. The van der Waals surface area contributed by atoms with Crippen LogP contribution >= 0.6 is 0 Å². The molecule has 5 rings (SSSR count).